The SMILES string of the molecule is Cc1c(C(N)=O)sc2ncn(CC(=O)N3CCOCC3)c(=O)c12. The Kier molecular flexibility index (Phi) is 4.14. The number of aromatic nitrogens is 2. The van der Waals surface area contributed by atoms with Crippen LogP contribution >= 0.6 is 11.3 Å². The maximum absolute atomic E-state index is 12.6. The van der Waals surface area contributed by atoms with Crippen LogP contribution in [0.25, 0.3) is 10.2 Å². The van der Waals surface area contributed by atoms with E-state index in [2.05, 4.69) is 4.98 Å². The molecule has 9 heteroatoms. The molecule has 0 radical (unpaired) electrons. The molecular weight excluding hydrogens is 320 g/mol. The number of fused-ring (bicyclic) bond motifs is 1. The molecule has 2 aromatic rings. The van der Waals surface area contributed by atoms with Crippen molar-refractivity contribution in [1.29, 1.82) is 0 Å². The zero-order chi connectivity index (χ0) is 16.6. The number of carbonyl (C=O) groups excluding carboxylic acids is 2. The molecule has 0 aliphatic carbocycles. The summed E-state index contributed by atoms with van der Waals surface area (Å²) in [6.07, 6.45) is 1.34. The number of carbonyl (C=O) groups is 2. The van der Waals surface area contributed by atoms with Crippen molar-refractivity contribution in [2.45, 2.75) is 13.5 Å². The minimum Gasteiger partial charge on any atom is -0.378 e. The number of primary amides is 1. The molecule has 23 heavy (non-hydrogen) atoms. The van der Waals surface area contributed by atoms with Crippen molar-refractivity contribution in [3.05, 3.63) is 27.1 Å². The summed E-state index contributed by atoms with van der Waals surface area (Å²) in [5.41, 5.74) is 5.49. The second kappa shape index (κ2) is 6.09. The molecule has 3 heterocycles. The third-order valence-corrected chi connectivity index (χ3v) is 5.02. The Labute approximate surface area is 135 Å². The molecule has 1 saturated heterocycles. The van der Waals surface area contributed by atoms with Gasteiger partial charge in [0.2, 0.25) is 5.91 Å². The van der Waals surface area contributed by atoms with Gasteiger partial charge in [-0.1, -0.05) is 0 Å². The van der Waals surface area contributed by atoms with Gasteiger partial charge in [0.1, 0.15) is 11.4 Å². The number of morpholine rings is 1. The monoisotopic (exact) mass is 336 g/mol. The Morgan fingerprint density at radius 1 is 1.39 bits per heavy atom. The van der Waals surface area contributed by atoms with Crippen LogP contribution in [0.5, 0.6) is 0 Å². The lowest BCUT2D eigenvalue weighted by Crippen LogP contribution is -2.43. The van der Waals surface area contributed by atoms with Gasteiger partial charge in [0.05, 0.1) is 29.8 Å². The minimum atomic E-state index is -0.583. The smallest absolute Gasteiger partial charge is 0.262 e. The van der Waals surface area contributed by atoms with Gasteiger partial charge in [-0.2, -0.15) is 0 Å². The maximum Gasteiger partial charge on any atom is 0.262 e. The van der Waals surface area contributed by atoms with Gasteiger partial charge < -0.3 is 15.4 Å². The predicted molar refractivity (Wildman–Crippen MR) is 84.5 cm³/mol. The Hall–Kier alpha value is -2.26. The van der Waals surface area contributed by atoms with E-state index >= 15 is 0 Å². The maximum atomic E-state index is 12.6. The minimum absolute atomic E-state index is 0.0804. The topological polar surface area (TPSA) is 108 Å². The largest absolute Gasteiger partial charge is 0.378 e. The third kappa shape index (κ3) is 2.84. The lowest BCUT2D eigenvalue weighted by Gasteiger charge is -2.26. The van der Waals surface area contributed by atoms with Crippen molar-refractivity contribution in [2.24, 2.45) is 5.73 Å². The first-order valence-electron chi connectivity index (χ1n) is 7.13. The molecule has 3 rings (SSSR count). The Morgan fingerprint density at radius 3 is 2.74 bits per heavy atom. The van der Waals surface area contributed by atoms with Crippen LogP contribution in [0.4, 0.5) is 0 Å². The van der Waals surface area contributed by atoms with Crippen LogP contribution in [0.1, 0.15) is 15.2 Å². The van der Waals surface area contributed by atoms with Crippen LogP contribution in [-0.4, -0.2) is 52.6 Å². The Morgan fingerprint density at radius 2 is 2.09 bits per heavy atom. The molecule has 0 aromatic carbocycles. The summed E-state index contributed by atoms with van der Waals surface area (Å²) in [6, 6.07) is 0. The number of thiophene rings is 1. The van der Waals surface area contributed by atoms with Gasteiger partial charge in [-0.25, -0.2) is 4.98 Å². The van der Waals surface area contributed by atoms with E-state index in [0.717, 1.165) is 11.3 Å². The zero-order valence-electron chi connectivity index (χ0n) is 12.6. The molecule has 2 amide bonds. The normalized spacial score (nSPS) is 15.1. The lowest BCUT2D eigenvalue weighted by molar-refractivity contribution is -0.135. The van der Waals surface area contributed by atoms with Crippen molar-refractivity contribution >= 4 is 33.4 Å². The number of amides is 2. The second-order valence-corrected chi connectivity index (χ2v) is 6.27. The van der Waals surface area contributed by atoms with Crippen molar-refractivity contribution in [1.82, 2.24) is 14.5 Å². The fourth-order valence-corrected chi connectivity index (χ4v) is 3.56. The molecule has 1 aliphatic rings. The van der Waals surface area contributed by atoms with E-state index < -0.39 is 5.91 Å². The van der Waals surface area contributed by atoms with Crippen LogP contribution in [-0.2, 0) is 16.1 Å². The molecule has 0 saturated carbocycles. The molecule has 0 atom stereocenters. The van der Waals surface area contributed by atoms with Crippen LogP contribution in [0.3, 0.4) is 0 Å². The molecule has 0 unspecified atom stereocenters. The van der Waals surface area contributed by atoms with Crippen molar-refractivity contribution in [3.63, 3.8) is 0 Å². The Balaban J connectivity index is 1.94. The summed E-state index contributed by atoms with van der Waals surface area (Å²) in [5, 5.41) is 0.348. The summed E-state index contributed by atoms with van der Waals surface area (Å²) in [7, 11) is 0. The third-order valence-electron chi connectivity index (χ3n) is 3.81. The van der Waals surface area contributed by atoms with Gasteiger partial charge in [-0.05, 0) is 12.5 Å². The molecule has 8 nitrogen and oxygen atoms in total. The van der Waals surface area contributed by atoms with Gasteiger partial charge >= 0.3 is 0 Å². The number of nitrogens with zero attached hydrogens (tertiary/aromatic N) is 3. The molecule has 122 valence electrons. The number of ether oxygens (including phenoxy) is 1. The summed E-state index contributed by atoms with van der Waals surface area (Å²) in [4.78, 5) is 42.9. The fraction of sp³-hybridized carbons (Fsp3) is 0.429. The van der Waals surface area contributed by atoms with Crippen molar-refractivity contribution in [2.75, 3.05) is 26.3 Å². The van der Waals surface area contributed by atoms with E-state index in [-0.39, 0.29) is 18.0 Å². The molecule has 1 aliphatic heterocycles. The number of nitrogens with two attached hydrogens (primary N) is 1. The van der Waals surface area contributed by atoms with Crippen molar-refractivity contribution in [3.8, 4) is 0 Å². The first-order chi connectivity index (χ1) is 11.0. The summed E-state index contributed by atoms with van der Waals surface area (Å²) < 4.78 is 6.47. The van der Waals surface area contributed by atoms with Crippen LogP contribution in [0.2, 0.25) is 0 Å². The molecular formula is C14H16N4O4S. The standard InChI is InChI=1S/C14H16N4O4S/c1-8-10-13(23-11(8)12(15)20)16-7-18(14(10)21)6-9(19)17-2-4-22-5-3-17/h7H,2-6H2,1H3,(H2,15,20). The number of hydrogen-bond donors (Lipinski definition) is 1. The first kappa shape index (κ1) is 15.6. The van der Waals surface area contributed by atoms with Gasteiger partial charge in [0.25, 0.3) is 11.5 Å². The quantitative estimate of drug-likeness (QED) is 0.830. The summed E-state index contributed by atoms with van der Waals surface area (Å²) in [5.74, 6) is -0.736. The molecule has 0 bridgehead atoms. The van der Waals surface area contributed by atoms with Crippen molar-refractivity contribution < 1.29 is 14.3 Å². The van der Waals surface area contributed by atoms with E-state index in [1.807, 2.05) is 0 Å². The van der Waals surface area contributed by atoms with E-state index in [1.54, 1.807) is 11.8 Å². The highest BCUT2D eigenvalue weighted by molar-refractivity contribution is 7.20. The number of hydrogen-bond acceptors (Lipinski definition) is 6. The van der Waals surface area contributed by atoms with Gasteiger partial charge in [-0.15, -0.1) is 11.3 Å². The van der Waals surface area contributed by atoms with E-state index in [0.29, 0.717) is 47.0 Å². The highest BCUT2D eigenvalue weighted by Crippen LogP contribution is 2.26. The van der Waals surface area contributed by atoms with E-state index in [9.17, 15) is 14.4 Å². The zero-order valence-corrected chi connectivity index (χ0v) is 13.4. The highest BCUT2D eigenvalue weighted by atomic mass is 32.1. The predicted octanol–water partition coefficient (Wildman–Crippen LogP) is -0.276. The Bertz CT molecular complexity index is 835. The average Bonchev–Trinajstić information content (AvgIpc) is 2.89. The van der Waals surface area contributed by atoms with Crippen LogP contribution in [0, 0.1) is 6.92 Å². The van der Waals surface area contributed by atoms with E-state index in [4.69, 9.17) is 10.5 Å². The van der Waals surface area contributed by atoms with Gasteiger partial charge in [0.15, 0.2) is 0 Å². The fourth-order valence-electron chi connectivity index (χ4n) is 2.57. The van der Waals surface area contributed by atoms with Gasteiger partial charge in [0, 0.05) is 13.1 Å². The molecule has 0 spiro atoms. The summed E-state index contributed by atoms with van der Waals surface area (Å²) in [6.45, 7) is 3.63. The molecule has 2 N–H and O–H groups in total. The van der Waals surface area contributed by atoms with Crippen LogP contribution < -0.4 is 11.3 Å². The first-order valence-corrected chi connectivity index (χ1v) is 7.94. The second-order valence-electron chi connectivity index (χ2n) is 5.27. The van der Waals surface area contributed by atoms with Crippen LogP contribution in [0.15, 0.2) is 11.1 Å². The van der Waals surface area contributed by atoms with E-state index in [1.165, 1.54) is 10.9 Å². The number of rotatable bonds is 3. The lowest BCUT2D eigenvalue weighted by atomic mass is 10.2. The molecule has 1 fully saturated rings. The molecule has 2 aromatic heterocycles. The summed E-state index contributed by atoms with van der Waals surface area (Å²) >= 11 is 1.09. The average molecular weight is 336 g/mol. The highest BCUT2D eigenvalue weighted by Gasteiger charge is 2.21. The number of aryl methyl sites for hydroxylation is 1. The van der Waals surface area contributed by atoms with Gasteiger partial charge in [-0.3, -0.25) is 19.0 Å².